The molecule has 1 unspecified atom stereocenters. The van der Waals surface area contributed by atoms with Crippen LogP contribution in [0.5, 0.6) is 0 Å². The Morgan fingerprint density at radius 1 is 1.21 bits per heavy atom. The molecule has 150 valence electrons. The number of carbonyl (C=O) groups excluding carboxylic acids is 1. The van der Waals surface area contributed by atoms with E-state index >= 15 is 0 Å². The molecule has 1 aromatic carbocycles. The van der Waals surface area contributed by atoms with E-state index in [2.05, 4.69) is 15.2 Å². The number of likely N-dealkylation sites (tertiary alicyclic amines) is 1. The van der Waals surface area contributed by atoms with E-state index in [1.54, 1.807) is 41.2 Å². The molecule has 9 heteroatoms. The third-order valence-electron chi connectivity index (χ3n) is 5.06. The summed E-state index contributed by atoms with van der Waals surface area (Å²) in [5.74, 6) is -0.481. The number of rotatable bonds is 4. The fourth-order valence-corrected chi connectivity index (χ4v) is 3.59. The summed E-state index contributed by atoms with van der Waals surface area (Å²) in [5, 5.41) is 17.5. The third kappa shape index (κ3) is 3.89. The lowest BCUT2D eigenvalue weighted by molar-refractivity contribution is 0.0670. The lowest BCUT2D eigenvalue weighted by atomic mass is 10.1. The smallest absolute Gasteiger partial charge is 0.335 e. The summed E-state index contributed by atoms with van der Waals surface area (Å²) in [7, 11) is 1.80. The van der Waals surface area contributed by atoms with Crippen LogP contribution in [0.3, 0.4) is 0 Å². The molecule has 2 aromatic heterocycles. The number of nitrogens with zero attached hydrogens (tertiary/aromatic N) is 5. The average molecular weight is 395 g/mol. The van der Waals surface area contributed by atoms with Crippen molar-refractivity contribution < 1.29 is 19.2 Å². The minimum Gasteiger partial charge on any atom is -0.478 e. The van der Waals surface area contributed by atoms with Crippen LogP contribution in [0.4, 0.5) is 0 Å². The zero-order chi connectivity index (χ0) is 20.4. The highest BCUT2D eigenvalue weighted by Gasteiger charge is 2.31. The second-order valence-corrected chi connectivity index (χ2v) is 7.11. The largest absolute Gasteiger partial charge is 0.478 e. The highest BCUT2D eigenvalue weighted by Crippen LogP contribution is 2.31. The maximum Gasteiger partial charge on any atom is 0.335 e. The van der Waals surface area contributed by atoms with Crippen LogP contribution in [0.1, 0.15) is 58.3 Å². The van der Waals surface area contributed by atoms with Crippen LogP contribution in [-0.4, -0.2) is 48.3 Å². The maximum absolute atomic E-state index is 13.2. The molecule has 1 saturated heterocycles. The van der Waals surface area contributed by atoms with Crippen molar-refractivity contribution in [2.45, 2.75) is 31.7 Å². The molecule has 0 radical (unpaired) electrons. The number of hydrogen-bond donors (Lipinski definition) is 1. The Kier molecular flexibility index (Phi) is 5.11. The van der Waals surface area contributed by atoms with Gasteiger partial charge in [-0.15, -0.1) is 0 Å². The Bertz CT molecular complexity index is 1040. The van der Waals surface area contributed by atoms with Crippen LogP contribution in [-0.2, 0) is 7.05 Å². The predicted octanol–water partition coefficient (Wildman–Crippen LogP) is 2.93. The number of aromatic nitrogens is 4. The molecule has 1 atom stereocenters. The van der Waals surface area contributed by atoms with E-state index in [1.807, 2.05) is 0 Å². The van der Waals surface area contributed by atoms with Crippen LogP contribution >= 0.6 is 0 Å². The molecular weight excluding hydrogens is 374 g/mol. The molecule has 9 nitrogen and oxygen atoms in total. The van der Waals surface area contributed by atoms with Crippen molar-refractivity contribution >= 4 is 11.9 Å². The number of hydrogen-bond acceptors (Lipinski definition) is 6. The lowest BCUT2D eigenvalue weighted by Gasteiger charge is -2.28. The Morgan fingerprint density at radius 3 is 2.79 bits per heavy atom. The average Bonchev–Trinajstić information content (AvgIpc) is 3.30. The molecule has 1 aliphatic heterocycles. The number of carbonyl (C=O) groups is 2. The number of carboxylic acid groups (broad SMARTS) is 1. The lowest BCUT2D eigenvalue weighted by Crippen LogP contribution is -2.35. The first-order chi connectivity index (χ1) is 14.0. The summed E-state index contributed by atoms with van der Waals surface area (Å²) < 4.78 is 7.06. The Hall–Kier alpha value is -3.49. The molecule has 1 fully saturated rings. The first-order valence-electron chi connectivity index (χ1n) is 9.50. The quantitative estimate of drug-likeness (QED) is 0.722. The van der Waals surface area contributed by atoms with Crippen molar-refractivity contribution in [1.82, 2.24) is 24.8 Å². The van der Waals surface area contributed by atoms with Crippen molar-refractivity contribution in [3.63, 3.8) is 0 Å². The summed E-state index contributed by atoms with van der Waals surface area (Å²) in [6.45, 7) is 0.553. The number of aromatic carboxylic acids is 1. The summed E-state index contributed by atoms with van der Waals surface area (Å²) in [4.78, 5) is 30.7. The molecule has 1 aliphatic rings. The number of aryl methyl sites for hydroxylation is 1. The van der Waals surface area contributed by atoms with Gasteiger partial charge in [-0.3, -0.25) is 9.48 Å². The SMILES string of the molecule is Cn1cc(-c2nc(C3CCCCCN3C(=O)c3cccc(C(=O)O)c3)no2)cn1. The van der Waals surface area contributed by atoms with E-state index in [9.17, 15) is 14.7 Å². The van der Waals surface area contributed by atoms with E-state index in [0.29, 0.717) is 29.4 Å². The second-order valence-electron chi connectivity index (χ2n) is 7.11. The standard InChI is InChI=1S/C20H21N5O4/c1-24-12-15(11-21-24)18-22-17(23-29-18)16-8-3-2-4-9-25(16)19(26)13-6-5-7-14(10-13)20(27)28/h5-7,10-12,16H,2-4,8-9H2,1H3,(H,27,28). The monoisotopic (exact) mass is 395 g/mol. The van der Waals surface area contributed by atoms with E-state index in [1.165, 1.54) is 12.1 Å². The van der Waals surface area contributed by atoms with Gasteiger partial charge in [0.25, 0.3) is 11.8 Å². The van der Waals surface area contributed by atoms with Gasteiger partial charge in [0.1, 0.15) is 0 Å². The summed E-state index contributed by atoms with van der Waals surface area (Å²) in [6.07, 6.45) is 6.96. The number of carboxylic acids is 1. The van der Waals surface area contributed by atoms with Crippen LogP contribution < -0.4 is 0 Å². The summed E-state index contributed by atoms with van der Waals surface area (Å²) in [5.41, 5.74) is 1.14. The molecular formula is C20H21N5O4. The van der Waals surface area contributed by atoms with E-state index in [4.69, 9.17) is 4.52 Å². The van der Waals surface area contributed by atoms with Gasteiger partial charge >= 0.3 is 5.97 Å². The fraction of sp³-hybridized carbons (Fsp3) is 0.350. The maximum atomic E-state index is 13.2. The van der Waals surface area contributed by atoms with Gasteiger partial charge in [-0.25, -0.2) is 4.79 Å². The molecule has 0 aliphatic carbocycles. The van der Waals surface area contributed by atoms with E-state index in [0.717, 1.165) is 25.7 Å². The molecule has 1 amide bonds. The van der Waals surface area contributed by atoms with Crippen LogP contribution in [0.2, 0.25) is 0 Å². The van der Waals surface area contributed by atoms with Gasteiger partial charge in [0, 0.05) is 25.4 Å². The Morgan fingerprint density at radius 2 is 2.03 bits per heavy atom. The predicted molar refractivity (Wildman–Crippen MR) is 102 cm³/mol. The first kappa shape index (κ1) is 18.9. The van der Waals surface area contributed by atoms with E-state index < -0.39 is 5.97 Å². The molecule has 4 rings (SSSR count). The Balaban J connectivity index is 1.64. The number of amides is 1. The molecule has 3 aromatic rings. The minimum absolute atomic E-state index is 0.0839. The molecule has 29 heavy (non-hydrogen) atoms. The van der Waals surface area contributed by atoms with E-state index in [-0.39, 0.29) is 17.5 Å². The summed E-state index contributed by atoms with van der Waals surface area (Å²) >= 11 is 0. The molecule has 3 heterocycles. The topological polar surface area (TPSA) is 114 Å². The first-order valence-corrected chi connectivity index (χ1v) is 9.50. The second kappa shape index (κ2) is 7.86. The zero-order valence-electron chi connectivity index (χ0n) is 16.0. The highest BCUT2D eigenvalue weighted by molar-refractivity contribution is 5.97. The van der Waals surface area contributed by atoms with Gasteiger partial charge in [0.15, 0.2) is 5.82 Å². The van der Waals surface area contributed by atoms with Gasteiger partial charge in [-0.05, 0) is 31.0 Å². The van der Waals surface area contributed by atoms with Crippen LogP contribution in [0.25, 0.3) is 11.5 Å². The normalized spacial score (nSPS) is 17.1. The van der Waals surface area contributed by atoms with Crippen LogP contribution in [0, 0.1) is 0 Å². The van der Waals surface area contributed by atoms with Gasteiger partial charge in [0.05, 0.1) is 23.4 Å². The fourth-order valence-electron chi connectivity index (χ4n) is 3.59. The molecule has 0 spiro atoms. The van der Waals surface area contributed by atoms with Crippen molar-refractivity contribution in [2.24, 2.45) is 7.05 Å². The van der Waals surface area contributed by atoms with Crippen molar-refractivity contribution in [3.8, 4) is 11.5 Å². The molecule has 0 saturated carbocycles. The zero-order valence-corrected chi connectivity index (χ0v) is 16.0. The minimum atomic E-state index is -1.06. The van der Waals surface area contributed by atoms with Crippen LogP contribution in [0.15, 0.2) is 41.2 Å². The van der Waals surface area contributed by atoms with Crippen molar-refractivity contribution in [1.29, 1.82) is 0 Å². The van der Waals surface area contributed by atoms with Crippen molar-refractivity contribution in [2.75, 3.05) is 6.54 Å². The van der Waals surface area contributed by atoms with Crippen molar-refractivity contribution in [3.05, 3.63) is 53.6 Å². The van der Waals surface area contributed by atoms with Gasteiger partial charge in [0.2, 0.25) is 0 Å². The number of benzene rings is 1. The Labute approximate surface area is 166 Å². The molecule has 0 bridgehead atoms. The summed E-state index contributed by atoms with van der Waals surface area (Å²) in [6, 6.07) is 5.77. The van der Waals surface area contributed by atoms with Gasteiger partial charge in [-0.2, -0.15) is 10.1 Å². The highest BCUT2D eigenvalue weighted by atomic mass is 16.5. The molecule has 1 N–H and O–H groups in total. The third-order valence-corrected chi connectivity index (χ3v) is 5.06. The van der Waals surface area contributed by atoms with Gasteiger partial charge in [-0.1, -0.05) is 24.1 Å². The van der Waals surface area contributed by atoms with Gasteiger partial charge < -0.3 is 14.5 Å².